The fraction of sp³-hybridized carbons (Fsp3) is 0.417. The van der Waals surface area contributed by atoms with Crippen LogP contribution >= 0.6 is 11.6 Å². The maximum Gasteiger partial charge on any atom is 0.261 e. The Morgan fingerprint density at radius 1 is 1.10 bits per heavy atom. The summed E-state index contributed by atoms with van der Waals surface area (Å²) in [5.74, 6) is 1.01. The number of benzene rings is 2. The lowest BCUT2D eigenvalue weighted by molar-refractivity contribution is -0.143. The molecule has 168 valence electrons. The molecule has 0 aliphatic rings. The van der Waals surface area contributed by atoms with Crippen LogP contribution in [0.15, 0.2) is 48.5 Å². The largest absolute Gasteiger partial charge is 0.497 e. The number of nitrogens with one attached hydrogen (secondary N) is 1. The molecule has 0 heterocycles. The lowest BCUT2D eigenvalue weighted by Gasteiger charge is -2.31. The molecule has 0 fully saturated rings. The van der Waals surface area contributed by atoms with Gasteiger partial charge in [0.15, 0.2) is 6.61 Å². The summed E-state index contributed by atoms with van der Waals surface area (Å²) < 4.78 is 10.9. The minimum atomic E-state index is -0.608. The van der Waals surface area contributed by atoms with Crippen LogP contribution in [0.2, 0.25) is 5.02 Å². The van der Waals surface area contributed by atoms with Gasteiger partial charge in [0, 0.05) is 13.1 Å². The standard InChI is InChI=1S/C24H31ClN2O4/c1-5-21(24(29)26-14-17(2)3)27(15-18-10-12-19(30-4)13-11-18)23(28)16-31-22-9-7-6-8-20(22)25/h6-13,17,21H,5,14-16H2,1-4H3,(H,26,29). The van der Waals surface area contributed by atoms with Crippen molar-refractivity contribution in [2.24, 2.45) is 5.92 Å². The van der Waals surface area contributed by atoms with Gasteiger partial charge in [0.1, 0.15) is 17.5 Å². The maximum absolute atomic E-state index is 13.2. The van der Waals surface area contributed by atoms with Crippen molar-refractivity contribution in [2.45, 2.75) is 39.8 Å². The predicted molar refractivity (Wildman–Crippen MR) is 122 cm³/mol. The number of methoxy groups -OCH3 is 1. The Balaban J connectivity index is 2.20. The van der Waals surface area contributed by atoms with Crippen LogP contribution in [0, 0.1) is 5.92 Å². The van der Waals surface area contributed by atoms with Crippen molar-refractivity contribution < 1.29 is 19.1 Å². The highest BCUT2D eigenvalue weighted by Crippen LogP contribution is 2.23. The number of carbonyl (C=O) groups is 2. The van der Waals surface area contributed by atoms with Crippen molar-refractivity contribution in [3.63, 3.8) is 0 Å². The number of nitrogens with zero attached hydrogens (tertiary/aromatic N) is 1. The average Bonchev–Trinajstić information content (AvgIpc) is 2.77. The van der Waals surface area contributed by atoms with Crippen LogP contribution < -0.4 is 14.8 Å². The lowest BCUT2D eigenvalue weighted by Crippen LogP contribution is -2.50. The number of hydrogen-bond acceptors (Lipinski definition) is 4. The molecule has 2 aromatic carbocycles. The lowest BCUT2D eigenvalue weighted by atomic mass is 10.1. The van der Waals surface area contributed by atoms with Crippen molar-refractivity contribution >= 4 is 23.4 Å². The van der Waals surface area contributed by atoms with Crippen LogP contribution in [0.4, 0.5) is 0 Å². The molecule has 0 spiro atoms. The van der Waals surface area contributed by atoms with Crippen molar-refractivity contribution in [3.8, 4) is 11.5 Å². The van der Waals surface area contributed by atoms with Gasteiger partial charge >= 0.3 is 0 Å². The van der Waals surface area contributed by atoms with Crippen LogP contribution in [0.1, 0.15) is 32.8 Å². The van der Waals surface area contributed by atoms with Gasteiger partial charge in [0.2, 0.25) is 5.91 Å². The topological polar surface area (TPSA) is 67.9 Å². The SMILES string of the molecule is CCC(C(=O)NCC(C)C)N(Cc1ccc(OC)cc1)C(=O)COc1ccccc1Cl. The first kappa shape index (κ1) is 24.5. The Kier molecular flexibility index (Phi) is 9.66. The van der Waals surface area contributed by atoms with E-state index < -0.39 is 6.04 Å². The van der Waals surface area contributed by atoms with Gasteiger partial charge in [-0.05, 0) is 42.2 Å². The van der Waals surface area contributed by atoms with Gasteiger partial charge in [-0.15, -0.1) is 0 Å². The normalized spacial score (nSPS) is 11.7. The summed E-state index contributed by atoms with van der Waals surface area (Å²) in [5.41, 5.74) is 0.891. The van der Waals surface area contributed by atoms with E-state index in [1.54, 1.807) is 36.3 Å². The molecule has 7 heteroatoms. The number of ether oxygens (including phenoxy) is 2. The molecule has 1 atom stereocenters. The van der Waals surface area contributed by atoms with Crippen molar-refractivity contribution in [1.82, 2.24) is 10.2 Å². The van der Waals surface area contributed by atoms with Gasteiger partial charge in [-0.3, -0.25) is 9.59 Å². The highest BCUT2D eigenvalue weighted by Gasteiger charge is 2.29. The van der Waals surface area contributed by atoms with Gasteiger partial charge in [0.25, 0.3) is 5.91 Å². The van der Waals surface area contributed by atoms with Gasteiger partial charge in [-0.2, -0.15) is 0 Å². The number of carbonyl (C=O) groups excluding carboxylic acids is 2. The highest BCUT2D eigenvalue weighted by atomic mass is 35.5. The highest BCUT2D eigenvalue weighted by molar-refractivity contribution is 6.32. The molecule has 0 saturated heterocycles. The molecule has 0 radical (unpaired) electrons. The monoisotopic (exact) mass is 446 g/mol. The Morgan fingerprint density at radius 2 is 1.77 bits per heavy atom. The molecular formula is C24H31ClN2O4. The van der Waals surface area contributed by atoms with Gasteiger partial charge in [0.05, 0.1) is 12.1 Å². The zero-order valence-electron chi connectivity index (χ0n) is 18.6. The molecule has 2 rings (SSSR count). The van der Waals surface area contributed by atoms with Crippen LogP contribution in [0.3, 0.4) is 0 Å². The van der Waals surface area contributed by atoms with Gasteiger partial charge in [-0.25, -0.2) is 0 Å². The Bertz CT molecular complexity index is 855. The first-order chi connectivity index (χ1) is 14.8. The first-order valence-corrected chi connectivity index (χ1v) is 10.8. The zero-order chi connectivity index (χ0) is 22.8. The van der Waals surface area contributed by atoms with E-state index in [4.69, 9.17) is 21.1 Å². The molecule has 6 nitrogen and oxygen atoms in total. The molecule has 2 amide bonds. The Hall–Kier alpha value is -2.73. The first-order valence-electron chi connectivity index (χ1n) is 10.4. The predicted octanol–water partition coefficient (Wildman–Crippen LogP) is 4.31. The van der Waals surface area contributed by atoms with Crippen LogP contribution in [-0.4, -0.2) is 43.0 Å². The third-order valence-electron chi connectivity index (χ3n) is 4.77. The minimum Gasteiger partial charge on any atom is -0.497 e. The smallest absolute Gasteiger partial charge is 0.261 e. The van der Waals surface area contributed by atoms with E-state index >= 15 is 0 Å². The van der Waals surface area contributed by atoms with E-state index in [-0.39, 0.29) is 25.0 Å². The molecule has 0 aliphatic heterocycles. The van der Waals surface area contributed by atoms with Gasteiger partial charge in [-0.1, -0.05) is 56.6 Å². The summed E-state index contributed by atoms with van der Waals surface area (Å²) in [6.45, 7) is 6.56. The van der Waals surface area contributed by atoms with E-state index in [1.165, 1.54) is 0 Å². The van der Waals surface area contributed by atoms with E-state index in [0.717, 1.165) is 11.3 Å². The number of para-hydroxylation sites is 1. The second-order valence-corrected chi connectivity index (χ2v) is 8.06. The average molecular weight is 447 g/mol. The molecule has 0 aromatic heterocycles. The van der Waals surface area contributed by atoms with E-state index in [1.807, 2.05) is 45.0 Å². The fourth-order valence-electron chi connectivity index (χ4n) is 3.05. The number of rotatable bonds is 11. The third-order valence-corrected chi connectivity index (χ3v) is 5.08. The molecule has 1 N–H and O–H groups in total. The fourth-order valence-corrected chi connectivity index (χ4v) is 3.24. The Labute approximate surface area is 189 Å². The van der Waals surface area contributed by atoms with Crippen LogP contribution in [0.25, 0.3) is 0 Å². The summed E-state index contributed by atoms with van der Waals surface area (Å²) in [4.78, 5) is 27.6. The van der Waals surface area contributed by atoms with Crippen molar-refractivity contribution in [3.05, 3.63) is 59.1 Å². The van der Waals surface area contributed by atoms with E-state index in [2.05, 4.69) is 5.32 Å². The number of hydrogen-bond donors (Lipinski definition) is 1. The summed E-state index contributed by atoms with van der Waals surface area (Å²) >= 11 is 6.13. The molecule has 0 saturated carbocycles. The van der Waals surface area contributed by atoms with Gasteiger partial charge < -0.3 is 19.7 Å². The van der Waals surface area contributed by atoms with E-state index in [0.29, 0.717) is 29.7 Å². The quantitative estimate of drug-likeness (QED) is 0.558. The second kappa shape index (κ2) is 12.2. The number of halogens is 1. The zero-order valence-corrected chi connectivity index (χ0v) is 19.3. The van der Waals surface area contributed by atoms with Crippen LogP contribution in [0.5, 0.6) is 11.5 Å². The minimum absolute atomic E-state index is 0.171. The summed E-state index contributed by atoms with van der Waals surface area (Å²) in [5, 5.41) is 3.37. The van der Waals surface area contributed by atoms with Crippen LogP contribution in [-0.2, 0) is 16.1 Å². The molecule has 2 aromatic rings. The molecule has 1 unspecified atom stereocenters. The maximum atomic E-state index is 13.2. The molecule has 0 bridgehead atoms. The number of amides is 2. The van der Waals surface area contributed by atoms with Crippen molar-refractivity contribution in [1.29, 1.82) is 0 Å². The second-order valence-electron chi connectivity index (χ2n) is 7.65. The van der Waals surface area contributed by atoms with Crippen molar-refractivity contribution in [2.75, 3.05) is 20.3 Å². The van der Waals surface area contributed by atoms with E-state index in [9.17, 15) is 9.59 Å². The third kappa shape index (κ3) is 7.47. The molecule has 0 aliphatic carbocycles. The summed E-state index contributed by atoms with van der Waals surface area (Å²) in [6, 6.07) is 13.8. The summed E-state index contributed by atoms with van der Waals surface area (Å²) in [7, 11) is 1.60. The molecular weight excluding hydrogens is 416 g/mol. The molecule has 31 heavy (non-hydrogen) atoms. The summed E-state index contributed by atoms with van der Waals surface area (Å²) in [6.07, 6.45) is 0.484. The Morgan fingerprint density at radius 3 is 2.35 bits per heavy atom.